The molecule has 26 heavy (non-hydrogen) atoms. The van der Waals surface area contributed by atoms with Gasteiger partial charge in [-0.15, -0.1) is 11.3 Å². The van der Waals surface area contributed by atoms with E-state index in [0.29, 0.717) is 12.0 Å². The molecule has 1 saturated heterocycles. The molecule has 0 bridgehead atoms. The van der Waals surface area contributed by atoms with Crippen LogP contribution < -0.4 is 16.6 Å². The molecule has 0 spiro atoms. The summed E-state index contributed by atoms with van der Waals surface area (Å²) in [6.07, 6.45) is 0.327. The van der Waals surface area contributed by atoms with Crippen LogP contribution in [0.4, 0.5) is 0 Å². The molecule has 1 amide bonds. The summed E-state index contributed by atoms with van der Waals surface area (Å²) < 4.78 is 7.03. The highest BCUT2D eigenvalue weighted by Crippen LogP contribution is 2.27. The molecule has 0 aliphatic carbocycles. The van der Waals surface area contributed by atoms with Crippen molar-refractivity contribution in [2.75, 3.05) is 6.54 Å². The van der Waals surface area contributed by atoms with Crippen molar-refractivity contribution in [1.82, 2.24) is 14.9 Å². The number of rotatable bonds is 6. The SMILES string of the molecule is CCc1cn([C@@H]2CC(O)[C@H](CNC(=O)Cc3cccs3)O2)c(=O)[nH]c1=O. The Morgan fingerprint density at radius 1 is 1.50 bits per heavy atom. The van der Waals surface area contributed by atoms with Crippen molar-refractivity contribution in [2.24, 2.45) is 0 Å². The highest BCUT2D eigenvalue weighted by molar-refractivity contribution is 7.10. The minimum atomic E-state index is -0.814. The number of H-pyrrole nitrogens is 1. The average molecular weight is 379 g/mol. The number of amides is 1. The lowest BCUT2D eigenvalue weighted by Gasteiger charge is -2.17. The predicted molar refractivity (Wildman–Crippen MR) is 96.3 cm³/mol. The van der Waals surface area contributed by atoms with Gasteiger partial charge in [0.25, 0.3) is 5.56 Å². The number of hydrogen-bond donors (Lipinski definition) is 3. The summed E-state index contributed by atoms with van der Waals surface area (Å²) in [4.78, 5) is 38.9. The molecule has 0 radical (unpaired) electrons. The maximum absolute atomic E-state index is 12.0. The Morgan fingerprint density at radius 3 is 3.00 bits per heavy atom. The molecule has 9 heteroatoms. The first-order valence-corrected chi connectivity index (χ1v) is 9.32. The van der Waals surface area contributed by atoms with E-state index >= 15 is 0 Å². The molecular formula is C17H21N3O5S. The summed E-state index contributed by atoms with van der Waals surface area (Å²) in [6, 6.07) is 3.77. The third-order valence-corrected chi connectivity index (χ3v) is 5.23. The third kappa shape index (κ3) is 4.12. The van der Waals surface area contributed by atoms with Crippen molar-refractivity contribution >= 4 is 17.2 Å². The van der Waals surface area contributed by atoms with E-state index < -0.39 is 29.7 Å². The van der Waals surface area contributed by atoms with Gasteiger partial charge in [-0.3, -0.25) is 19.1 Å². The highest BCUT2D eigenvalue weighted by Gasteiger charge is 2.35. The first-order chi connectivity index (χ1) is 12.5. The van der Waals surface area contributed by atoms with Gasteiger partial charge in [-0.05, 0) is 17.9 Å². The minimum Gasteiger partial charge on any atom is -0.390 e. The van der Waals surface area contributed by atoms with Crippen LogP contribution in [0.2, 0.25) is 0 Å². The summed E-state index contributed by atoms with van der Waals surface area (Å²) in [5.74, 6) is -0.152. The molecule has 3 atom stereocenters. The Labute approximate surface area is 153 Å². The van der Waals surface area contributed by atoms with E-state index in [-0.39, 0.29) is 25.3 Å². The molecule has 8 nitrogen and oxygen atoms in total. The van der Waals surface area contributed by atoms with Gasteiger partial charge in [-0.25, -0.2) is 4.79 Å². The summed E-state index contributed by atoms with van der Waals surface area (Å²) in [7, 11) is 0. The fraction of sp³-hybridized carbons (Fsp3) is 0.471. The maximum Gasteiger partial charge on any atom is 0.330 e. The Bertz CT molecular complexity index is 873. The fourth-order valence-electron chi connectivity index (χ4n) is 2.91. The molecule has 3 heterocycles. The quantitative estimate of drug-likeness (QED) is 0.662. The van der Waals surface area contributed by atoms with Gasteiger partial charge in [-0.2, -0.15) is 0 Å². The van der Waals surface area contributed by atoms with E-state index in [4.69, 9.17) is 4.74 Å². The third-order valence-electron chi connectivity index (χ3n) is 4.35. The number of nitrogens with one attached hydrogen (secondary N) is 2. The molecule has 3 N–H and O–H groups in total. The Kier molecular flexibility index (Phi) is 5.70. The Balaban J connectivity index is 1.62. The van der Waals surface area contributed by atoms with E-state index in [0.717, 1.165) is 4.88 Å². The van der Waals surface area contributed by atoms with Gasteiger partial charge in [0.05, 0.1) is 12.5 Å². The largest absolute Gasteiger partial charge is 0.390 e. The van der Waals surface area contributed by atoms with Crippen molar-refractivity contribution in [3.05, 3.63) is 55.0 Å². The molecule has 2 aromatic heterocycles. The molecular weight excluding hydrogens is 358 g/mol. The van der Waals surface area contributed by atoms with Gasteiger partial charge in [0.2, 0.25) is 5.91 Å². The van der Waals surface area contributed by atoms with Crippen molar-refractivity contribution in [2.45, 2.75) is 44.6 Å². The standard InChI is InChI=1S/C17H21N3O5S/c1-2-10-9-20(17(24)19-16(10)23)15-7-12(21)13(25-15)8-18-14(22)6-11-4-3-5-26-11/h3-5,9,12-13,15,21H,2,6-8H2,1H3,(H,18,22)(H,19,23,24)/t12?,13-,15-/m0/s1. The summed E-state index contributed by atoms with van der Waals surface area (Å²) in [5.41, 5.74) is -0.521. The molecule has 2 aromatic rings. The second-order valence-electron chi connectivity index (χ2n) is 6.17. The van der Waals surface area contributed by atoms with Gasteiger partial charge in [-0.1, -0.05) is 13.0 Å². The summed E-state index contributed by atoms with van der Waals surface area (Å²) in [6.45, 7) is 1.97. The number of carbonyl (C=O) groups excluding carboxylic acids is 1. The lowest BCUT2D eigenvalue weighted by molar-refractivity contribution is -0.121. The zero-order valence-corrected chi connectivity index (χ0v) is 15.1. The van der Waals surface area contributed by atoms with Crippen molar-refractivity contribution in [1.29, 1.82) is 0 Å². The van der Waals surface area contributed by atoms with E-state index in [9.17, 15) is 19.5 Å². The number of aliphatic hydroxyl groups excluding tert-OH is 1. The second-order valence-corrected chi connectivity index (χ2v) is 7.20. The smallest absolute Gasteiger partial charge is 0.330 e. The number of aromatic nitrogens is 2. The van der Waals surface area contributed by atoms with E-state index in [1.807, 2.05) is 24.4 Å². The predicted octanol–water partition coefficient (Wildman–Crippen LogP) is 0.168. The van der Waals surface area contributed by atoms with Crippen LogP contribution in [0.3, 0.4) is 0 Å². The van der Waals surface area contributed by atoms with Gasteiger partial charge in [0.1, 0.15) is 12.3 Å². The van der Waals surface area contributed by atoms with Crippen molar-refractivity contribution < 1.29 is 14.6 Å². The van der Waals surface area contributed by atoms with E-state index in [2.05, 4.69) is 10.3 Å². The molecule has 3 rings (SSSR count). The summed E-state index contributed by atoms with van der Waals surface area (Å²) >= 11 is 1.51. The first-order valence-electron chi connectivity index (χ1n) is 8.45. The van der Waals surface area contributed by atoms with Crippen LogP contribution in [0, 0.1) is 0 Å². The molecule has 1 fully saturated rings. The average Bonchev–Trinajstić information content (AvgIpc) is 3.23. The zero-order valence-electron chi connectivity index (χ0n) is 14.3. The van der Waals surface area contributed by atoms with Crippen LogP contribution in [0.25, 0.3) is 0 Å². The lowest BCUT2D eigenvalue weighted by atomic mass is 10.1. The number of thiophene rings is 1. The number of ether oxygens (including phenoxy) is 1. The van der Waals surface area contributed by atoms with Crippen molar-refractivity contribution in [3.8, 4) is 0 Å². The normalized spacial score (nSPS) is 22.5. The Morgan fingerprint density at radius 2 is 2.31 bits per heavy atom. The lowest BCUT2D eigenvalue weighted by Crippen LogP contribution is -2.38. The molecule has 140 valence electrons. The van der Waals surface area contributed by atoms with Crippen LogP contribution in [0.5, 0.6) is 0 Å². The first kappa shape index (κ1) is 18.6. The number of carbonyl (C=O) groups is 1. The topological polar surface area (TPSA) is 113 Å². The molecule has 1 unspecified atom stereocenters. The van der Waals surface area contributed by atoms with Crippen LogP contribution >= 0.6 is 11.3 Å². The van der Waals surface area contributed by atoms with Gasteiger partial charge >= 0.3 is 5.69 Å². The maximum atomic E-state index is 12.0. The number of nitrogens with zero attached hydrogens (tertiary/aromatic N) is 1. The molecule has 1 aliphatic heterocycles. The van der Waals surface area contributed by atoms with Crippen LogP contribution in [0.15, 0.2) is 33.3 Å². The number of hydrogen-bond acceptors (Lipinski definition) is 6. The number of aliphatic hydroxyl groups is 1. The zero-order chi connectivity index (χ0) is 18.7. The number of aryl methyl sites for hydroxylation is 1. The highest BCUT2D eigenvalue weighted by atomic mass is 32.1. The van der Waals surface area contributed by atoms with Crippen molar-refractivity contribution in [3.63, 3.8) is 0 Å². The molecule has 1 aliphatic rings. The summed E-state index contributed by atoms with van der Waals surface area (Å²) in [5, 5.41) is 14.9. The number of aromatic amines is 1. The van der Waals surface area contributed by atoms with Crippen LogP contribution in [0.1, 0.15) is 30.0 Å². The van der Waals surface area contributed by atoms with E-state index in [1.54, 1.807) is 0 Å². The van der Waals surface area contributed by atoms with Crippen LogP contribution in [-0.2, 0) is 22.4 Å². The monoisotopic (exact) mass is 379 g/mol. The minimum absolute atomic E-state index is 0.152. The van der Waals surface area contributed by atoms with E-state index in [1.165, 1.54) is 22.1 Å². The van der Waals surface area contributed by atoms with Gasteiger partial charge < -0.3 is 15.2 Å². The van der Waals surface area contributed by atoms with Crippen LogP contribution in [-0.4, -0.2) is 39.3 Å². The molecule has 0 saturated carbocycles. The molecule has 0 aromatic carbocycles. The van der Waals surface area contributed by atoms with Gasteiger partial charge in [0.15, 0.2) is 0 Å². The fourth-order valence-corrected chi connectivity index (χ4v) is 3.61. The second kappa shape index (κ2) is 7.98. The Hall–Kier alpha value is -2.23. The van der Waals surface area contributed by atoms with Gasteiger partial charge in [0, 0.05) is 29.6 Å².